The van der Waals surface area contributed by atoms with E-state index in [1.165, 1.54) is 89.9 Å². The highest BCUT2D eigenvalue weighted by atomic mass is 16.4. The minimum Gasteiger partial charge on any atom is -0.477 e. The first kappa shape index (κ1) is 31.4. The largest absolute Gasteiger partial charge is 0.477 e. The van der Waals surface area contributed by atoms with Crippen molar-refractivity contribution in [3.05, 3.63) is 0 Å². The molecule has 1 atom stereocenters. The van der Waals surface area contributed by atoms with Crippen molar-refractivity contribution < 1.29 is 24.6 Å². The van der Waals surface area contributed by atoms with Gasteiger partial charge in [0, 0.05) is 6.42 Å². The fourth-order valence-electron chi connectivity index (χ4n) is 5.08. The molecule has 0 rings (SSSR count). The number of unbranched alkanes of at least 4 members (excludes halogenated alkanes) is 15. The number of carboxylic acid groups (broad SMARTS) is 1. The second kappa shape index (κ2) is 22.2. The number of aliphatic hydroxyl groups excluding tert-OH is 2. The summed E-state index contributed by atoms with van der Waals surface area (Å²) in [6, 6.07) is -0.532. The third-order valence-electron chi connectivity index (χ3n) is 7.06. The van der Waals surface area contributed by atoms with Crippen molar-refractivity contribution in [2.24, 2.45) is 0 Å². The first-order valence-electron chi connectivity index (χ1n) is 13.9. The summed E-state index contributed by atoms with van der Waals surface area (Å²) in [6.07, 6.45) is 22.5. The number of aliphatic carboxylic acids is 1. The quantitative estimate of drug-likeness (QED) is 0.111. The molecule has 192 valence electrons. The summed E-state index contributed by atoms with van der Waals surface area (Å²) in [5.74, 6) is -0.801. The van der Waals surface area contributed by atoms with Crippen molar-refractivity contribution in [1.29, 1.82) is 0 Å². The van der Waals surface area contributed by atoms with Crippen LogP contribution in [0.15, 0.2) is 0 Å². The minimum atomic E-state index is -0.801. The van der Waals surface area contributed by atoms with Gasteiger partial charge in [0.2, 0.25) is 0 Å². The van der Waals surface area contributed by atoms with E-state index in [-0.39, 0.29) is 13.2 Å². The summed E-state index contributed by atoms with van der Waals surface area (Å²) in [4.78, 5) is 11.9. The summed E-state index contributed by atoms with van der Waals surface area (Å²) in [5, 5.41) is 28.9. The predicted molar refractivity (Wildman–Crippen MR) is 135 cm³/mol. The van der Waals surface area contributed by atoms with E-state index >= 15 is 0 Å². The lowest BCUT2D eigenvalue weighted by Crippen LogP contribution is -2.61. The van der Waals surface area contributed by atoms with E-state index in [2.05, 4.69) is 6.92 Å². The van der Waals surface area contributed by atoms with Crippen LogP contribution in [0.1, 0.15) is 129 Å². The lowest BCUT2D eigenvalue weighted by molar-refractivity contribution is -0.944. The van der Waals surface area contributed by atoms with Gasteiger partial charge in [-0.2, -0.15) is 0 Å². The molecule has 0 aromatic carbocycles. The molecule has 0 radical (unpaired) electrons. The molecule has 3 N–H and O–H groups in total. The van der Waals surface area contributed by atoms with E-state index in [9.17, 15) is 20.1 Å². The summed E-state index contributed by atoms with van der Waals surface area (Å²) in [5.41, 5.74) is 0. The Morgan fingerprint density at radius 1 is 0.594 bits per heavy atom. The lowest BCUT2D eigenvalue weighted by atomic mass is 10.0. The monoisotopic (exact) mass is 458 g/mol. The van der Waals surface area contributed by atoms with Crippen LogP contribution in [0.25, 0.3) is 0 Å². The first-order chi connectivity index (χ1) is 15.6. The smallest absolute Gasteiger partial charge is 0.362 e. The van der Waals surface area contributed by atoms with Crippen molar-refractivity contribution in [3.63, 3.8) is 0 Å². The van der Waals surface area contributed by atoms with Crippen LogP contribution in [0.5, 0.6) is 0 Å². The number of quaternary nitrogens is 1. The Morgan fingerprint density at radius 3 is 1.28 bits per heavy atom. The third kappa shape index (κ3) is 15.2. The molecule has 32 heavy (non-hydrogen) atoms. The van der Waals surface area contributed by atoms with E-state index in [1.54, 1.807) is 0 Å². The van der Waals surface area contributed by atoms with Crippen molar-refractivity contribution in [2.45, 2.75) is 135 Å². The van der Waals surface area contributed by atoms with Gasteiger partial charge < -0.3 is 19.8 Å². The van der Waals surface area contributed by atoms with E-state index in [1.807, 2.05) is 6.92 Å². The molecule has 0 aromatic heterocycles. The maximum Gasteiger partial charge on any atom is 0.362 e. The van der Waals surface area contributed by atoms with Gasteiger partial charge in [0.25, 0.3) is 0 Å². The maximum atomic E-state index is 11.9. The highest BCUT2D eigenvalue weighted by Crippen LogP contribution is 2.21. The highest BCUT2D eigenvalue weighted by Gasteiger charge is 2.40. The molecule has 0 spiro atoms. The van der Waals surface area contributed by atoms with Crippen LogP contribution in [0.2, 0.25) is 0 Å². The molecular formula is C27H56NO4+. The summed E-state index contributed by atoms with van der Waals surface area (Å²) < 4.78 is 0.314. The molecule has 0 aromatic rings. The average molecular weight is 459 g/mol. The lowest BCUT2D eigenvalue weighted by Gasteiger charge is -2.42. The molecule has 0 heterocycles. The number of hydrogen-bond donors (Lipinski definition) is 3. The highest BCUT2D eigenvalue weighted by molar-refractivity contribution is 5.72. The standard InChI is InChI=1S/C27H55NO4/c1-3-5-6-7-8-9-10-11-12-13-14-15-16-17-18-19-21-28(22-24-29,23-25-30)26(20-4-2)27(31)32/h26,29-30H,3-25H2,1-2H3/p+1. The van der Waals surface area contributed by atoms with E-state index in [4.69, 9.17) is 0 Å². The number of nitrogens with zero attached hydrogens (tertiary/aromatic N) is 1. The number of carbonyl (C=O) groups is 1. The van der Waals surface area contributed by atoms with Gasteiger partial charge in [0.05, 0.1) is 19.8 Å². The number of hydrogen-bond acceptors (Lipinski definition) is 3. The summed E-state index contributed by atoms with van der Waals surface area (Å²) in [6.45, 7) is 5.76. The Labute approximate surface area is 199 Å². The average Bonchev–Trinajstić information content (AvgIpc) is 2.77. The van der Waals surface area contributed by atoms with Crippen LogP contribution >= 0.6 is 0 Å². The Balaban J connectivity index is 3.92. The first-order valence-corrected chi connectivity index (χ1v) is 13.9. The molecule has 5 nitrogen and oxygen atoms in total. The van der Waals surface area contributed by atoms with E-state index in [0.717, 1.165) is 25.8 Å². The third-order valence-corrected chi connectivity index (χ3v) is 7.06. The fourth-order valence-corrected chi connectivity index (χ4v) is 5.08. The summed E-state index contributed by atoms with van der Waals surface area (Å²) in [7, 11) is 0. The van der Waals surface area contributed by atoms with E-state index < -0.39 is 12.0 Å². The Kier molecular flexibility index (Phi) is 21.7. The molecule has 0 aliphatic rings. The van der Waals surface area contributed by atoms with Crippen LogP contribution in [0, 0.1) is 0 Å². The van der Waals surface area contributed by atoms with Crippen molar-refractivity contribution >= 4 is 5.97 Å². The van der Waals surface area contributed by atoms with Crippen LogP contribution in [-0.4, -0.2) is 64.7 Å². The molecule has 0 bridgehead atoms. The number of aliphatic hydroxyl groups is 2. The molecule has 0 saturated heterocycles. The second-order valence-corrected chi connectivity index (χ2v) is 9.78. The molecule has 0 aliphatic heterocycles. The molecule has 1 unspecified atom stereocenters. The zero-order chi connectivity index (χ0) is 23.9. The van der Waals surface area contributed by atoms with Crippen LogP contribution in [0.4, 0.5) is 0 Å². The van der Waals surface area contributed by atoms with Gasteiger partial charge in [-0.05, 0) is 19.3 Å². The Morgan fingerprint density at radius 2 is 0.969 bits per heavy atom. The van der Waals surface area contributed by atoms with Crippen LogP contribution < -0.4 is 0 Å². The van der Waals surface area contributed by atoms with Gasteiger partial charge in [-0.3, -0.25) is 0 Å². The molecule has 0 amide bonds. The van der Waals surface area contributed by atoms with Gasteiger partial charge in [-0.25, -0.2) is 4.79 Å². The molecule has 0 aliphatic carbocycles. The number of carboxylic acids is 1. The normalized spacial score (nSPS) is 12.9. The van der Waals surface area contributed by atoms with Gasteiger partial charge in [0.1, 0.15) is 13.1 Å². The van der Waals surface area contributed by atoms with E-state index in [0.29, 0.717) is 24.0 Å². The van der Waals surface area contributed by atoms with Crippen LogP contribution in [0.3, 0.4) is 0 Å². The van der Waals surface area contributed by atoms with Gasteiger partial charge in [0.15, 0.2) is 6.04 Å². The molecule has 0 saturated carbocycles. The van der Waals surface area contributed by atoms with Gasteiger partial charge >= 0.3 is 5.97 Å². The van der Waals surface area contributed by atoms with Crippen molar-refractivity contribution in [2.75, 3.05) is 32.8 Å². The zero-order valence-electron chi connectivity index (χ0n) is 21.5. The van der Waals surface area contributed by atoms with Crippen molar-refractivity contribution in [1.82, 2.24) is 0 Å². The Bertz CT molecular complexity index is 410. The zero-order valence-corrected chi connectivity index (χ0v) is 21.5. The molecular weight excluding hydrogens is 402 g/mol. The molecule has 0 fully saturated rings. The topological polar surface area (TPSA) is 77.8 Å². The van der Waals surface area contributed by atoms with Gasteiger partial charge in [-0.1, -0.05) is 104 Å². The second-order valence-electron chi connectivity index (χ2n) is 9.78. The summed E-state index contributed by atoms with van der Waals surface area (Å²) >= 11 is 0. The maximum absolute atomic E-state index is 11.9. The van der Waals surface area contributed by atoms with Crippen molar-refractivity contribution in [3.8, 4) is 0 Å². The number of rotatable bonds is 25. The van der Waals surface area contributed by atoms with Gasteiger partial charge in [-0.15, -0.1) is 0 Å². The van der Waals surface area contributed by atoms with Crippen LogP contribution in [-0.2, 0) is 4.79 Å². The molecule has 5 heteroatoms. The predicted octanol–water partition coefficient (Wildman–Crippen LogP) is 6.30. The fraction of sp³-hybridized carbons (Fsp3) is 0.963. The Hall–Kier alpha value is -0.650. The SMILES string of the molecule is CCCCCCCCCCCCCCCCCC[N+](CCO)(CCO)C(CCC)C(=O)O. The minimum absolute atomic E-state index is 0.0354.